The minimum atomic E-state index is -0.0920. The third-order valence-corrected chi connectivity index (χ3v) is 7.54. The molecule has 1 aromatic heterocycles. The van der Waals surface area contributed by atoms with Crippen LogP contribution in [-0.2, 0) is 17.9 Å². The third-order valence-electron chi connectivity index (χ3n) is 7.24. The number of carbonyl (C=O) groups is 1. The summed E-state index contributed by atoms with van der Waals surface area (Å²) in [5, 5.41) is 16.4. The molecule has 2 heterocycles. The lowest BCUT2D eigenvalue weighted by Gasteiger charge is -2.19. The predicted molar refractivity (Wildman–Crippen MR) is 173 cm³/mol. The van der Waals surface area contributed by atoms with Crippen molar-refractivity contribution in [2.75, 3.05) is 26.3 Å². The van der Waals surface area contributed by atoms with Crippen LogP contribution in [0, 0.1) is 11.3 Å². The normalized spacial score (nSPS) is 11.9. The molecule has 1 aliphatic rings. The molecule has 0 fully saturated rings. The number of para-hydroxylation sites is 1. The van der Waals surface area contributed by atoms with Gasteiger partial charge in [0.15, 0.2) is 17.2 Å². The van der Waals surface area contributed by atoms with Crippen LogP contribution in [0.1, 0.15) is 23.6 Å². The second-order valence-electron chi connectivity index (χ2n) is 10.5. The maximum atomic E-state index is 11.2. The second-order valence-corrected chi connectivity index (χ2v) is 10.9. The van der Waals surface area contributed by atoms with E-state index in [4.69, 9.17) is 30.5 Å². The topological polar surface area (TPSA) is 128 Å². The molecule has 0 bridgehead atoms. The van der Waals surface area contributed by atoms with Crippen molar-refractivity contribution in [1.82, 2.24) is 20.6 Å². The van der Waals surface area contributed by atoms with E-state index in [0.717, 1.165) is 22.3 Å². The van der Waals surface area contributed by atoms with E-state index in [2.05, 4.69) is 26.7 Å². The van der Waals surface area contributed by atoms with Crippen LogP contribution >= 0.6 is 11.6 Å². The van der Waals surface area contributed by atoms with Crippen molar-refractivity contribution in [1.29, 1.82) is 5.26 Å². The Morgan fingerprint density at radius 3 is 2.67 bits per heavy atom. The minimum absolute atomic E-state index is 0.0920. The predicted octanol–water partition coefficient (Wildman–Crippen LogP) is 6.19. The lowest BCUT2D eigenvalue weighted by molar-refractivity contribution is -0.118. The maximum Gasteiger partial charge on any atom is 0.230 e. The Hall–Kier alpha value is -5.37. The van der Waals surface area contributed by atoms with Gasteiger partial charge in [0.2, 0.25) is 11.8 Å². The Bertz CT molecular complexity index is 1940. The Morgan fingerprint density at radius 2 is 1.83 bits per heavy atom. The van der Waals surface area contributed by atoms with Crippen molar-refractivity contribution in [2.45, 2.75) is 20.1 Å². The number of nitriles is 1. The van der Waals surface area contributed by atoms with E-state index in [9.17, 15) is 10.1 Å². The average Bonchev–Trinajstić information content (AvgIpc) is 3.08. The molecule has 1 aliphatic heterocycles. The van der Waals surface area contributed by atoms with Crippen molar-refractivity contribution >= 4 is 28.4 Å². The number of benzene rings is 4. The molecule has 0 saturated heterocycles. The molecule has 0 saturated carbocycles. The Balaban J connectivity index is 1.29. The zero-order chi connectivity index (χ0) is 31.9. The molecule has 5 aromatic rings. The summed E-state index contributed by atoms with van der Waals surface area (Å²) in [5.41, 5.74) is 4.70. The van der Waals surface area contributed by atoms with Crippen molar-refractivity contribution in [3.63, 3.8) is 0 Å². The van der Waals surface area contributed by atoms with E-state index in [-0.39, 0.29) is 12.5 Å². The molecule has 46 heavy (non-hydrogen) atoms. The molecule has 232 valence electrons. The molecule has 10 nitrogen and oxygen atoms in total. The van der Waals surface area contributed by atoms with Gasteiger partial charge in [-0.1, -0.05) is 41.9 Å². The first-order chi connectivity index (χ1) is 22.5. The highest BCUT2D eigenvalue weighted by Crippen LogP contribution is 2.40. The minimum Gasteiger partial charge on any atom is -0.488 e. The van der Waals surface area contributed by atoms with Crippen LogP contribution in [0.5, 0.6) is 28.9 Å². The van der Waals surface area contributed by atoms with E-state index in [0.29, 0.717) is 83.2 Å². The van der Waals surface area contributed by atoms with Crippen LogP contribution in [0.25, 0.3) is 22.0 Å². The van der Waals surface area contributed by atoms with Crippen LogP contribution in [-0.4, -0.2) is 42.2 Å². The van der Waals surface area contributed by atoms with Crippen molar-refractivity contribution in [2.24, 2.45) is 0 Å². The smallest absolute Gasteiger partial charge is 0.230 e. The SMILES string of the molecule is CC(=O)NCCNCc1cc(Cl)c(Oc2ncnc3c(-c4ccc5c(c4)OCCO5)cccc23)cc1OCc1cccc(C#N)c1. The summed E-state index contributed by atoms with van der Waals surface area (Å²) in [7, 11) is 0. The quantitative estimate of drug-likeness (QED) is 0.163. The summed E-state index contributed by atoms with van der Waals surface area (Å²) >= 11 is 6.76. The fourth-order valence-electron chi connectivity index (χ4n) is 5.06. The summed E-state index contributed by atoms with van der Waals surface area (Å²) in [6.45, 7) is 4.19. The van der Waals surface area contributed by atoms with Gasteiger partial charge in [-0.05, 0) is 47.5 Å². The molecular weight excluding hydrogens is 606 g/mol. The highest BCUT2D eigenvalue weighted by atomic mass is 35.5. The first-order valence-corrected chi connectivity index (χ1v) is 15.1. The number of amides is 1. The average molecular weight is 636 g/mol. The lowest BCUT2D eigenvalue weighted by Crippen LogP contribution is -2.30. The van der Waals surface area contributed by atoms with E-state index >= 15 is 0 Å². The van der Waals surface area contributed by atoms with Gasteiger partial charge in [0, 0.05) is 43.8 Å². The van der Waals surface area contributed by atoms with Gasteiger partial charge < -0.3 is 29.6 Å². The lowest BCUT2D eigenvalue weighted by atomic mass is 10.0. The van der Waals surface area contributed by atoms with Crippen molar-refractivity contribution < 1.29 is 23.7 Å². The largest absolute Gasteiger partial charge is 0.488 e. The second kappa shape index (κ2) is 14.2. The highest BCUT2D eigenvalue weighted by molar-refractivity contribution is 6.32. The van der Waals surface area contributed by atoms with Crippen LogP contribution in [0.4, 0.5) is 0 Å². The number of rotatable bonds is 11. The van der Waals surface area contributed by atoms with E-state index < -0.39 is 0 Å². The maximum absolute atomic E-state index is 11.2. The van der Waals surface area contributed by atoms with E-state index in [1.54, 1.807) is 24.3 Å². The first kappa shape index (κ1) is 30.6. The standard InChI is InChI=1S/C35H30ClN5O5/c1-22(42)39-11-10-38-19-26-15-29(36)32(17-31(26)45-20-24-5-2-4-23(14-24)18-37)46-35-28-7-3-6-27(34(28)40-21-41-35)25-8-9-30-33(16-25)44-13-12-43-30/h2-9,14-17,21,38H,10-13,19-20H2,1H3,(H,39,42). The van der Waals surface area contributed by atoms with Gasteiger partial charge in [0.05, 0.1) is 27.6 Å². The molecule has 0 atom stereocenters. The fourth-order valence-corrected chi connectivity index (χ4v) is 5.29. The molecule has 0 spiro atoms. The Labute approximate surface area is 270 Å². The molecule has 1 amide bonds. The number of hydrogen-bond acceptors (Lipinski definition) is 9. The number of nitrogens with zero attached hydrogens (tertiary/aromatic N) is 3. The molecule has 0 radical (unpaired) electrons. The van der Waals surface area contributed by atoms with Gasteiger partial charge in [0.1, 0.15) is 31.9 Å². The van der Waals surface area contributed by atoms with E-state index in [1.807, 2.05) is 48.5 Å². The van der Waals surface area contributed by atoms with Gasteiger partial charge >= 0.3 is 0 Å². The number of aromatic nitrogens is 2. The van der Waals surface area contributed by atoms with E-state index in [1.165, 1.54) is 13.3 Å². The molecule has 0 aliphatic carbocycles. The number of fused-ring (bicyclic) bond motifs is 2. The number of nitrogens with one attached hydrogen (secondary N) is 2. The van der Waals surface area contributed by atoms with Gasteiger partial charge in [-0.2, -0.15) is 5.26 Å². The van der Waals surface area contributed by atoms with Crippen LogP contribution < -0.4 is 29.6 Å². The number of halogens is 1. The monoisotopic (exact) mass is 635 g/mol. The highest BCUT2D eigenvalue weighted by Gasteiger charge is 2.18. The third kappa shape index (κ3) is 7.12. The van der Waals surface area contributed by atoms with Crippen molar-refractivity contribution in [3.05, 3.63) is 101 Å². The van der Waals surface area contributed by atoms with Crippen LogP contribution in [0.15, 0.2) is 79.1 Å². The number of hydrogen-bond donors (Lipinski definition) is 2. The van der Waals surface area contributed by atoms with Crippen LogP contribution in [0.3, 0.4) is 0 Å². The summed E-state index contributed by atoms with van der Waals surface area (Å²) in [6, 6.07) is 24.5. The number of ether oxygens (including phenoxy) is 4. The summed E-state index contributed by atoms with van der Waals surface area (Å²) in [6.07, 6.45) is 1.46. The molecule has 4 aromatic carbocycles. The molecular formula is C35H30ClN5O5. The van der Waals surface area contributed by atoms with Crippen molar-refractivity contribution in [3.8, 4) is 46.1 Å². The molecule has 0 unspecified atom stereocenters. The molecule has 6 rings (SSSR count). The van der Waals surface area contributed by atoms with Gasteiger partial charge in [-0.25, -0.2) is 9.97 Å². The summed E-state index contributed by atoms with van der Waals surface area (Å²) in [4.78, 5) is 20.3. The zero-order valence-corrected chi connectivity index (χ0v) is 25.8. The summed E-state index contributed by atoms with van der Waals surface area (Å²) < 4.78 is 24.1. The molecule has 2 N–H and O–H groups in total. The van der Waals surface area contributed by atoms with Gasteiger partial charge in [0.25, 0.3) is 0 Å². The van der Waals surface area contributed by atoms with Gasteiger partial charge in [-0.15, -0.1) is 0 Å². The molecule has 11 heteroatoms. The zero-order valence-electron chi connectivity index (χ0n) is 25.0. The summed E-state index contributed by atoms with van der Waals surface area (Å²) in [5.74, 6) is 2.55. The Morgan fingerprint density at radius 1 is 0.978 bits per heavy atom. The Kier molecular flexibility index (Phi) is 9.43. The van der Waals surface area contributed by atoms with Crippen LogP contribution in [0.2, 0.25) is 5.02 Å². The number of carbonyl (C=O) groups excluding carboxylic acids is 1. The first-order valence-electron chi connectivity index (χ1n) is 14.7. The van der Waals surface area contributed by atoms with Gasteiger partial charge in [-0.3, -0.25) is 4.79 Å². The fraction of sp³-hybridized carbons (Fsp3) is 0.200.